The number of benzene rings is 1. The van der Waals surface area contributed by atoms with E-state index in [1.54, 1.807) is 18.0 Å². The molecule has 0 aliphatic carbocycles. The number of methoxy groups -OCH3 is 1. The van der Waals surface area contributed by atoms with Gasteiger partial charge in [-0.15, -0.1) is 15.3 Å². The molecular formula is C17H19N5O. The van der Waals surface area contributed by atoms with Gasteiger partial charge in [-0.3, -0.25) is 0 Å². The summed E-state index contributed by atoms with van der Waals surface area (Å²) in [5.41, 5.74) is 2.03. The predicted octanol–water partition coefficient (Wildman–Crippen LogP) is 2.72. The zero-order chi connectivity index (χ0) is 15.8. The molecule has 0 spiro atoms. The van der Waals surface area contributed by atoms with Crippen LogP contribution in [0.3, 0.4) is 0 Å². The average molecular weight is 309 g/mol. The van der Waals surface area contributed by atoms with E-state index in [0.717, 1.165) is 30.2 Å². The first-order valence-corrected chi connectivity index (χ1v) is 7.82. The molecular weight excluding hydrogens is 290 g/mol. The molecule has 1 aliphatic heterocycles. The van der Waals surface area contributed by atoms with E-state index in [0.29, 0.717) is 12.0 Å². The summed E-state index contributed by atoms with van der Waals surface area (Å²) < 4.78 is 7.10. The van der Waals surface area contributed by atoms with E-state index in [1.165, 1.54) is 5.56 Å². The van der Waals surface area contributed by atoms with Gasteiger partial charge < -0.3 is 9.64 Å². The van der Waals surface area contributed by atoms with Crippen molar-refractivity contribution in [3.8, 4) is 5.75 Å². The van der Waals surface area contributed by atoms with Crippen molar-refractivity contribution in [1.82, 2.24) is 19.8 Å². The summed E-state index contributed by atoms with van der Waals surface area (Å²) in [5.74, 6) is 2.46. The quantitative estimate of drug-likeness (QED) is 0.744. The number of aromatic nitrogens is 4. The second-order valence-electron chi connectivity index (χ2n) is 6.11. The van der Waals surface area contributed by atoms with Crippen LogP contribution in [0.25, 0.3) is 5.65 Å². The molecule has 23 heavy (non-hydrogen) atoms. The molecule has 118 valence electrons. The van der Waals surface area contributed by atoms with Crippen molar-refractivity contribution in [2.75, 3.05) is 18.6 Å². The van der Waals surface area contributed by atoms with E-state index in [4.69, 9.17) is 4.74 Å². The normalized spacial score (nSPS) is 21.0. The summed E-state index contributed by atoms with van der Waals surface area (Å²) in [7, 11) is 1.70. The topological polar surface area (TPSA) is 55.5 Å². The van der Waals surface area contributed by atoms with E-state index < -0.39 is 0 Å². The minimum Gasteiger partial charge on any atom is -0.497 e. The fraction of sp³-hybridized carbons (Fsp3) is 0.353. The lowest BCUT2D eigenvalue weighted by molar-refractivity contribution is 0.413. The highest BCUT2D eigenvalue weighted by Gasteiger charge is 2.32. The first kappa shape index (κ1) is 14.0. The third-order valence-electron chi connectivity index (χ3n) is 4.43. The van der Waals surface area contributed by atoms with E-state index in [-0.39, 0.29) is 0 Å². The van der Waals surface area contributed by atoms with Crippen LogP contribution in [0.5, 0.6) is 5.75 Å². The molecule has 6 heteroatoms. The summed E-state index contributed by atoms with van der Waals surface area (Å²) in [6.45, 7) is 3.27. The number of rotatable bonds is 3. The molecule has 1 saturated heterocycles. The lowest BCUT2D eigenvalue weighted by Crippen LogP contribution is -2.24. The maximum atomic E-state index is 5.37. The second-order valence-corrected chi connectivity index (χ2v) is 6.11. The smallest absolute Gasteiger partial charge is 0.177 e. The van der Waals surface area contributed by atoms with E-state index in [9.17, 15) is 0 Å². The fourth-order valence-electron chi connectivity index (χ4n) is 3.34. The Labute approximate surface area is 134 Å². The van der Waals surface area contributed by atoms with Crippen molar-refractivity contribution < 1.29 is 4.74 Å². The van der Waals surface area contributed by atoms with E-state index in [2.05, 4.69) is 39.3 Å². The zero-order valence-electron chi connectivity index (χ0n) is 13.3. The van der Waals surface area contributed by atoms with Crippen LogP contribution in [0, 0.1) is 5.92 Å². The Bertz CT molecular complexity index is 830. The summed E-state index contributed by atoms with van der Waals surface area (Å²) in [6, 6.07) is 12.6. The largest absolute Gasteiger partial charge is 0.497 e. The first-order chi connectivity index (χ1) is 11.2. The number of ether oxygens (including phenoxy) is 1. The molecule has 1 aromatic carbocycles. The molecule has 2 aromatic heterocycles. The molecule has 2 unspecified atom stereocenters. The standard InChI is InChI=1S/C17H19N5O/c1-12-8-15(13-4-3-5-14(9-13)23-2)21(10-12)17-7-6-16-19-18-11-22(16)20-17/h3-7,9,11-12,15H,8,10H2,1-2H3. The SMILES string of the molecule is COc1cccc(C2CC(C)CN2c2ccc3nncn3n2)c1. The van der Waals surface area contributed by atoms with Crippen molar-refractivity contribution in [2.24, 2.45) is 5.92 Å². The van der Waals surface area contributed by atoms with Crippen LogP contribution >= 0.6 is 0 Å². The van der Waals surface area contributed by atoms with Gasteiger partial charge in [-0.05, 0) is 42.2 Å². The zero-order valence-corrected chi connectivity index (χ0v) is 13.3. The van der Waals surface area contributed by atoms with Crippen molar-refractivity contribution >= 4 is 11.5 Å². The second kappa shape index (κ2) is 5.53. The van der Waals surface area contributed by atoms with Crippen LogP contribution in [0.2, 0.25) is 0 Å². The van der Waals surface area contributed by atoms with Gasteiger partial charge in [0.05, 0.1) is 13.2 Å². The summed E-state index contributed by atoms with van der Waals surface area (Å²) >= 11 is 0. The number of anilines is 1. The minimum atomic E-state index is 0.307. The third kappa shape index (κ3) is 2.50. The monoisotopic (exact) mass is 309 g/mol. The highest BCUT2D eigenvalue weighted by molar-refractivity contribution is 5.49. The van der Waals surface area contributed by atoms with Crippen LogP contribution < -0.4 is 9.64 Å². The van der Waals surface area contributed by atoms with Gasteiger partial charge in [0, 0.05) is 6.54 Å². The third-order valence-corrected chi connectivity index (χ3v) is 4.43. The van der Waals surface area contributed by atoms with Gasteiger partial charge in [0.2, 0.25) is 0 Å². The molecule has 4 rings (SSSR count). The molecule has 2 atom stereocenters. The molecule has 0 saturated carbocycles. The lowest BCUT2D eigenvalue weighted by Gasteiger charge is -2.26. The van der Waals surface area contributed by atoms with Gasteiger partial charge in [0.25, 0.3) is 0 Å². The molecule has 0 amide bonds. The Morgan fingerprint density at radius 1 is 1.22 bits per heavy atom. The summed E-state index contributed by atoms with van der Waals surface area (Å²) in [5, 5.41) is 12.6. The Hall–Kier alpha value is -2.63. The maximum Gasteiger partial charge on any atom is 0.177 e. The van der Waals surface area contributed by atoms with Crippen molar-refractivity contribution in [1.29, 1.82) is 0 Å². The summed E-state index contributed by atoms with van der Waals surface area (Å²) in [6.07, 6.45) is 2.74. The van der Waals surface area contributed by atoms with Gasteiger partial charge in [0.1, 0.15) is 17.9 Å². The van der Waals surface area contributed by atoms with Gasteiger partial charge in [-0.2, -0.15) is 4.52 Å². The number of hydrogen-bond donors (Lipinski definition) is 0. The van der Waals surface area contributed by atoms with Gasteiger partial charge in [0.15, 0.2) is 5.65 Å². The highest BCUT2D eigenvalue weighted by atomic mass is 16.5. The van der Waals surface area contributed by atoms with Gasteiger partial charge >= 0.3 is 0 Å². The van der Waals surface area contributed by atoms with Gasteiger partial charge in [-0.1, -0.05) is 19.1 Å². The molecule has 1 aliphatic rings. The van der Waals surface area contributed by atoms with Crippen LogP contribution in [0.4, 0.5) is 5.82 Å². The van der Waals surface area contributed by atoms with Crippen LogP contribution in [-0.2, 0) is 0 Å². The number of nitrogens with zero attached hydrogens (tertiary/aromatic N) is 5. The van der Waals surface area contributed by atoms with Crippen molar-refractivity contribution in [3.05, 3.63) is 48.3 Å². The Morgan fingerprint density at radius 3 is 3.00 bits per heavy atom. The van der Waals surface area contributed by atoms with E-state index >= 15 is 0 Å². The van der Waals surface area contributed by atoms with E-state index in [1.807, 2.05) is 24.3 Å². The first-order valence-electron chi connectivity index (χ1n) is 7.82. The minimum absolute atomic E-state index is 0.307. The summed E-state index contributed by atoms with van der Waals surface area (Å²) in [4.78, 5) is 2.36. The molecule has 0 bridgehead atoms. The number of hydrogen-bond acceptors (Lipinski definition) is 5. The van der Waals surface area contributed by atoms with Gasteiger partial charge in [-0.25, -0.2) is 0 Å². The maximum absolute atomic E-state index is 5.37. The average Bonchev–Trinajstić information content (AvgIpc) is 3.20. The Kier molecular flexibility index (Phi) is 3.37. The number of fused-ring (bicyclic) bond motifs is 1. The van der Waals surface area contributed by atoms with Crippen LogP contribution in [0.1, 0.15) is 24.9 Å². The van der Waals surface area contributed by atoms with Crippen molar-refractivity contribution in [2.45, 2.75) is 19.4 Å². The van der Waals surface area contributed by atoms with Crippen LogP contribution in [0.15, 0.2) is 42.7 Å². The highest BCUT2D eigenvalue weighted by Crippen LogP contribution is 2.38. The van der Waals surface area contributed by atoms with Crippen LogP contribution in [-0.4, -0.2) is 33.5 Å². The molecule has 0 N–H and O–H groups in total. The fourth-order valence-corrected chi connectivity index (χ4v) is 3.34. The Morgan fingerprint density at radius 2 is 2.13 bits per heavy atom. The predicted molar refractivity (Wildman–Crippen MR) is 87.6 cm³/mol. The molecule has 6 nitrogen and oxygen atoms in total. The molecule has 3 aromatic rings. The lowest BCUT2D eigenvalue weighted by atomic mass is 10.0. The van der Waals surface area contributed by atoms with Crippen molar-refractivity contribution in [3.63, 3.8) is 0 Å². The molecule has 1 fully saturated rings. The molecule has 3 heterocycles. The molecule has 0 radical (unpaired) electrons. The Balaban J connectivity index is 1.72.